The summed E-state index contributed by atoms with van der Waals surface area (Å²) in [6.07, 6.45) is 3.22. The summed E-state index contributed by atoms with van der Waals surface area (Å²) in [6.45, 7) is 0.751. The fourth-order valence-electron chi connectivity index (χ4n) is 2.68. The maximum atomic E-state index is 10.9. The van der Waals surface area contributed by atoms with E-state index in [4.69, 9.17) is 20.0 Å². The van der Waals surface area contributed by atoms with Crippen molar-refractivity contribution in [1.82, 2.24) is 19.7 Å². The van der Waals surface area contributed by atoms with Crippen LogP contribution in [0, 0.1) is 0 Å². The Morgan fingerprint density at radius 2 is 2.04 bits per heavy atom. The number of fused-ring (bicyclic) bond motifs is 1. The second-order valence-corrected chi connectivity index (χ2v) is 5.69. The Balaban J connectivity index is 1.52. The fraction of sp³-hybridized carbons (Fsp3) is 0.111. The van der Waals surface area contributed by atoms with Gasteiger partial charge < -0.3 is 20.0 Å². The van der Waals surface area contributed by atoms with E-state index in [-0.39, 0.29) is 11.5 Å². The van der Waals surface area contributed by atoms with Crippen LogP contribution in [0.3, 0.4) is 0 Å². The summed E-state index contributed by atoms with van der Waals surface area (Å²) in [5.41, 5.74) is 7.20. The molecule has 4 aromatic rings. The van der Waals surface area contributed by atoms with Gasteiger partial charge in [-0.25, -0.2) is 14.5 Å². The number of carboxylic acid groups (broad SMARTS) is 1. The first kappa shape index (κ1) is 16.6. The molecule has 9 heteroatoms. The molecular formula is C18H15N5O4. The van der Waals surface area contributed by atoms with Gasteiger partial charge in [-0.3, -0.25) is 0 Å². The Morgan fingerprint density at radius 3 is 2.74 bits per heavy atom. The maximum absolute atomic E-state index is 10.9. The average molecular weight is 365 g/mol. The van der Waals surface area contributed by atoms with Gasteiger partial charge in [-0.05, 0) is 36.4 Å². The standard InChI is InChI=1S/C18H15N5O4/c19-18-21-15(14-2-1-8-27-14)13-10-20-23(16(13)22-18)7-9-26-12-5-3-11(4-6-12)17(24)25/h1-6,8,10H,7,9H2,(H,24,25)(H2,19,21,22). The van der Waals surface area contributed by atoms with Crippen LogP contribution in [0.2, 0.25) is 0 Å². The van der Waals surface area contributed by atoms with Gasteiger partial charge in [0.25, 0.3) is 0 Å². The first-order valence-electron chi connectivity index (χ1n) is 8.11. The van der Waals surface area contributed by atoms with Crippen LogP contribution >= 0.6 is 0 Å². The lowest BCUT2D eigenvalue weighted by Crippen LogP contribution is -2.10. The Bertz CT molecular complexity index is 1090. The average Bonchev–Trinajstić information content (AvgIpc) is 3.32. The van der Waals surface area contributed by atoms with E-state index < -0.39 is 5.97 Å². The van der Waals surface area contributed by atoms with Gasteiger partial charge in [0.05, 0.1) is 30.0 Å². The lowest BCUT2D eigenvalue weighted by molar-refractivity contribution is 0.0697. The molecule has 0 atom stereocenters. The molecule has 0 radical (unpaired) electrons. The van der Waals surface area contributed by atoms with Gasteiger partial charge in [0.2, 0.25) is 5.95 Å². The highest BCUT2D eigenvalue weighted by Crippen LogP contribution is 2.26. The number of anilines is 1. The molecule has 0 bridgehead atoms. The van der Waals surface area contributed by atoms with Crippen molar-refractivity contribution in [1.29, 1.82) is 0 Å². The third-order valence-corrected chi connectivity index (χ3v) is 3.94. The van der Waals surface area contributed by atoms with Crippen LogP contribution in [-0.4, -0.2) is 37.4 Å². The van der Waals surface area contributed by atoms with Gasteiger partial charge in [-0.2, -0.15) is 10.1 Å². The summed E-state index contributed by atoms with van der Waals surface area (Å²) < 4.78 is 12.7. The molecule has 1 aromatic carbocycles. The Kier molecular flexibility index (Phi) is 4.17. The number of hydrogen-bond acceptors (Lipinski definition) is 7. The summed E-state index contributed by atoms with van der Waals surface area (Å²) in [6, 6.07) is 9.77. The number of aromatic nitrogens is 4. The first-order chi connectivity index (χ1) is 13.1. The molecule has 0 amide bonds. The predicted molar refractivity (Wildman–Crippen MR) is 96.3 cm³/mol. The molecule has 136 valence electrons. The van der Waals surface area contributed by atoms with Gasteiger partial charge in [0, 0.05) is 0 Å². The first-order valence-corrected chi connectivity index (χ1v) is 8.11. The van der Waals surface area contributed by atoms with Crippen molar-refractivity contribution in [2.75, 3.05) is 12.3 Å². The molecule has 0 unspecified atom stereocenters. The predicted octanol–water partition coefficient (Wildman–Crippen LogP) is 2.45. The van der Waals surface area contributed by atoms with E-state index in [1.54, 1.807) is 41.4 Å². The van der Waals surface area contributed by atoms with Crippen LogP contribution in [-0.2, 0) is 6.54 Å². The largest absolute Gasteiger partial charge is 0.492 e. The summed E-state index contributed by atoms with van der Waals surface area (Å²) in [7, 11) is 0. The van der Waals surface area contributed by atoms with Crippen LogP contribution in [0.5, 0.6) is 5.75 Å². The SMILES string of the molecule is Nc1nc(-c2ccco2)c2cnn(CCOc3ccc(C(=O)O)cc3)c2n1. The Labute approximate surface area is 153 Å². The molecule has 0 aliphatic carbocycles. The summed E-state index contributed by atoms with van der Waals surface area (Å²) in [5, 5.41) is 14.0. The summed E-state index contributed by atoms with van der Waals surface area (Å²) in [4.78, 5) is 19.4. The lowest BCUT2D eigenvalue weighted by atomic mass is 10.2. The zero-order chi connectivity index (χ0) is 18.8. The minimum absolute atomic E-state index is 0.126. The van der Waals surface area contributed by atoms with Crippen molar-refractivity contribution < 1.29 is 19.1 Å². The van der Waals surface area contributed by atoms with Gasteiger partial charge >= 0.3 is 5.97 Å². The van der Waals surface area contributed by atoms with Gasteiger partial charge in [0.15, 0.2) is 11.4 Å². The smallest absolute Gasteiger partial charge is 0.335 e. The van der Waals surface area contributed by atoms with Crippen molar-refractivity contribution >= 4 is 23.0 Å². The molecule has 27 heavy (non-hydrogen) atoms. The molecule has 0 saturated heterocycles. The van der Waals surface area contributed by atoms with E-state index in [1.165, 1.54) is 12.1 Å². The van der Waals surface area contributed by atoms with Gasteiger partial charge in [-0.15, -0.1) is 0 Å². The Morgan fingerprint density at radius 1 is 1.22 bits per heavy atom. The number of ether oxygens (including phenoxy) is 1. The highest BCUT2D eigenvalue weighted by molar-refractivity contribution is 5.89. The van der Waals surface area contributed by atoms with Crippen LogP contribution in [0.1, 0.15) is 10.4 Å². The highest BCUT2D eigenvalue weighted by Gasteiger charge is 2.15. The number of benzene rings is 1. The third kappa shape index (κ3) is 3.30. The lowest BCUT2D eigenvalue weighted by Gasteiger charge is -2.08. The number of aromatic carboxylic acids is 1. The van der Waals surface area contributed by atoms with Gasteiger partial charge in [0.1, 0.15) is 18.1 Å². The summed E-state index contributed by atoms with van der Waals surface area (Å²) >= 11 is 0. The van der Waals surface area contributed by atoms with Crippen molar-refractivity contribution in [3.05, 3.63) is 54.4 Å². The van der Waals surface area contributed by atoms with E-state index in [1.807, 2.05) is 0 Å². The quantitative estimate of drug-likeness (QED) is 0.533. The van der Waals surface area contributed by atoms with E-state index in [2.05, 4.69) is 15.1 Å². The molecule has 0 fully saturated rings. The highest BCUT2D eigenvalue weighted by atomic mass is 16.5. The van der Waals surface area contributed by atoms with E-state index in [0.29, 0.717) is 36.0 Å². The molecule has 0 aliphatic rings. The number of carboxylic acids is 1. The molecule has 0 aliphatic heterocycles. The molecule has 0 saturated carbocycles. The normalized spacial score (nSPS) is 11.0. The zero-order valence-electron chi connectivity index (χ0n) is 14.1. The van der Waals surface area contributed by atoms with E-state index in [0.717, 1.165) is 5.39 Å². The number of nitrogens with two attached hydrogens (primary N) is 1. The molecule has 3 heterocycles. The van der Waals surface area contributed by atoms with Crippen LogP contribution in [0.15, 0.2) is 53.3 Å². The van der Waals surface area contributed by atoms with E-state index >= 15 is 0 Å². The monoisotopic (exact) mass is 365 g/mol. The number of nitrogen functional groups attached to an aromatic ring is 1. The topological polar surface area (TPSA) is 129 Å². The van der Waals surface area contributed by atoms with Crippen LogP contribution in [0.4, 0.5) is 5.95 Å². The minimum atomic E-state index is -0.978. The number of hydrogen-bond donors (Lipinski definition) is 2. The minimum Gasteiger partial charge on any atom is -0.492 e. The van der Waals surface area contributed by atoms with Gasteiger partial charge in [-0.1, -0.05) is 0 Å². The Hall–Kier alpha value is -3.88. The number of rotatable bonds is 6. The number of carbonyl (C=O) groups is 1. The van der Waals surface area contributed by atoms with Crippen LogP contribution in [0.25, 0.3) is 22.5 Å². The molecule has 3 N–H and O–H groups in total. The molecular weight excluding hydrogens is 350 g/mol. The zero-order valence-corrected chi connectivity index (χ0v) is 14.1. The van der Waals surface area contributed by atoms with E-state index in [9.17, 15) is 4.79 Å². The van der Waals surface area contributed by atoms with Crippen molar-refractivity contribution in [2.24, 2.45) is 0 Å². The van der Waals surface area contributed by atoms with Crippen molar-refractivity contribution in [2.45, 2.75) is 6.54 Å². The molecule has 3 aromatic heterocycles. The molecule has 0 spiro atoms. The second kappa shape index (κ2) is 6.79. The number of nitrogens with zero attached hydrogens (tertiary/aromatic N) is 4. The van der Waals surface area contributed by atoms with Crippen molar-refractivity contribution in [3.63, 3.8) is 0 Å². The van der Waals surface area contributed by atoms with Crippen LogP contribution < -0.4 is 10.5 Å². The van der Waals surface area contributed by atoms with Crippen molar-refractivity contribution in [3.8, 4) is 17.2 Å². The summed E-state index contributed by atoms with van der Waals surface area (Å²) in [5.74, 6) is 0.306. The maximum Gasteiger partial charge on any atom is 0.335 e. The number of furan rings is 1. The molecule has 9 nitrogen and oxygen atoms in total. The second-order valence-electron chi connectivity index (χ2n) is 5.69. The third-order valence-electron chi connectivity index (χ3n) is 3.94. The fourth-order valence-corrected chi connectivity index (χ4v) is 2.68. The molecule has 4 rings (SSSR count).